The summed E-state index contributed by atoms with van der Waals surface area (Å²) in [6.07, 6.45) is 1.75. The summed E-state index contributed by atoms with van der Waals surface area (Å²) in [5.74, 6) is -0.000577. The lowest BCUT2D eigenvalue weighted by molar-refractivity contribution is -0.386. The maximum atomic E-state index is 12.8. The van der Waals surface area contributed by atoms with Gasteiger partial charge in [-0.05, 0) is 30.0 Å². The fourth-order valence-electron chi connectivity index (χ4n) is 4.08. The number of nitrogens with one attached hydrogen (secondary N) is 2. The number of methoxy groups -OCH3 is 1. The normalized spacial score (nSPS) is 12.4. The van der Waals surface area contributed by atoms with Crippen LogP contribution in [0.1, 0.15) is 37.8 Å². The highest BCUT2D eigenvalue weighted by Crippen LogP contribution is 2.25. The molecule has 0 bridgehead atoms. The topological polar surface area (TPSA) is 142 Å². The number of esters is 1. The Morgan fingerprint density at radius 3 is 2.37 bits per heavy atom. The lowest BCUT2D eigenvalue weighted by Gasteiger charge is -2.23. The molecule has 0 aliphatic heterocycles. The third kappa shape index (κ3) is 10.3. The largest absolute Gasteiger partial charge is 0.467 e. The number of rotatable bonds is 16. The maximum absolute atomic E-state index is 12.8. The van der Waals surface area contributed by atoms with Gasteiger partial charge in [0.15, 0.2) is 6.04 Å². The summed E-state index contributed by atoms with van der Waals surface area (Å²) >= 11 is 0. The van der Waals surface area contributed by atoms with E-state index >= 15 is 0 Å². The first kappa shape index (κ1) is 31.2. The van der Waals surface area contributed by atoms with Gasteiger partial charge in [0.1, 0.15) is 11.9 Å². The van der Waals surface area contributed by atoms with Gasteiger partial charge in [0, 0.05) is 25.1 Å². The zero-order valence-corrected chi connectivity index (χ0v) is 23.4. The minimum atomic E-state index is -0.941. The molecule has 1 heterocycles. The number of ether oxygens (including phenoxy) is 3. The van der Waals surface area contributed by atoms with Gasteiger partial charge in [-0.2, -0.15) is 0 Å². The average Bonchev–Trinajstić information content (AvgIpc) is 2.97. The number of benzene rings is 2. The third-order valence-corrected chi connectivity index (χ3v) is 6.36. The summed E-state index contributed by atoms with van der Waals surface area (Å²) in [5, 5.41) is 17.6. The number of pyridine rings is 1. The van der Waals surface area contributed by atoms with Gasteiger partial charge >= 0.3 is 5.97 Å². The molecular formula is C30H36N4O7. The molecule has 0 unspecified atom stereocenters. The van der Waals surface area contributed by atoms with Gasteiger partial charge in [0.25, 0.3) is 5.69 Å². The molecule has 2 N–H and O–H groups in total. The van der Waals surface area contributed by atoms with E-state index in [4.69, 9.17) is 14.2 Å². The van der Waals surface area contributed by atoms with Crippen LogP contribution in [0.15, 0.2) is 72.9 Å². The van der Waals surface area contributed by atoms with Crippen molar-refractivity contribution in [1.29, 1.82) is 0 Å². The number of carbonyl (C=O) groups is 2. The van der Waals surface area contributed by atoms with Crippen molar-refractivity contribution in [2.75, 3.05) is 13.7 Å². The first-order valence-electron chi connectivity index (χ1n) is 13.3. The highest BCUT2D eigenvalue weighted by atomic mass is 16.6. The van der Waals surface area contributed by atoms with Crippen molar-refractivity contribution >= 4 is 17.6 Å². The van der Waals surface area contributed by atoms with Gasteiger partial charge in [-0.3, -0.25) is 14.9 Å². The van der Waals surface area contributed by atoms with Crippen molar-refractivity contribution in [2.24, 2.45) is 5.92 Å². The van der Waals surface area contributed by atoms with Crippen LogP contribution < -0.4 is 15.4 Å². The van der Waals surface area contributed by atoms with E-state index in [2.05, 4.69) is 15.6 Å². The molecule has 3 rings (SSSR count). The second-order valence-electron chi connectivity index (χ2n) is 9.74. The fourth-order valence-corrected chi connectivity index (χ4v) is 4.08. The van der Waals surface area contributed by atoms with Crippen molar-refractivity contribution in [3.63, 3.8) is 0 Å². The second-order valence-corrected chi connectivity index (χ2v) is 9.74. The molecule has 0 aliphatic rings. The number of carbonyl (C=O) groups excluding carboxylic acids is 2. The molecule has 2 aromatic carbocycles. The molecule has 11 nitrogen and oxygen atoms in total. The molecule has 2 atom stereocenters. The zero-order chi connectivity index (χ0) is 29.6. The Morgan fingerprint density at radius 1 is 1.05 bits per heavy atom. The van der Waals surface area contributed by atoms with Crippen LogP contribution in [-0.4, -0.2) is 47.6 Å². The summed E-state index contributed by atoms with van der Waals surface area (Å²) in [7, 11) is 1.26. The van der Waals surface area contributed by atoms with Gasteiger partial charge in [-0.1, -0.05) is 62.4 Å². The van der Waals surface area contributed by atoms with E-state index in [1.54, 1.807) is 18.2 Å². The minimum Gasteiger partial charge on any atom is -0.467 e. The summed E-state index contributed by atoms with van der Waals surface area (Å²) in [5.41, 5.74) is 1.23. The Hall–Kier alpha value is -4.35. The first-order valence-corrected chi connectivity index (χ1v) is 13.3. The van der Waals surface area contributed by atoms with Crippen LogP contribution in [0.2, 0.25) is 0 Å². The minimum absolute atomic E-state index is 0.0295. The van der Waals surface area contributed by atoms with Crippen LogP contribution >= 0.6 is 0 Å². The Labute approximate surface area is 239 Å². The van der Waals surface area contributed by atoms with Crippen molar-refractivity contribution in [2.45, 2.75) is 51.9 Å². The summed E-state index contributed by atoms with van der Waals surface area (Å²) in [4.78, 5) is 40.2. The van der Waals surface area contributed by atoms with Crippen LogP contribution in [-0.2, 0) is 32.2 Å². The van der Waals surface area contributed by atoms with Gasteiger partial charge < -0.3 is 24.8 Å². The summed E-state index contributed by atoms with van der Waals surface area (Å²) < 4.78 is 16.2. The van der Waals surface area contributed by atoms with Crippen LogP contribution in [0.5, 0.6) is 11.6 Å². The van der Waals surface area contributed by atoms with Crippen LogP contribution in [0.4, 0.5) is 5.69 Å². The van der Waals surface area contributed by atoms with Gasteiger partial charge in [-0.25, -0.2) is 9.78 Å². The molecule has 0 aliphatic carbocycles. The first-order chi connectivity index (χ1) is 19.8. The second kappa shape index (κ2) is 16.0. The van der Waals surface area contributed by atoms with E-state index in [1.807, 2.05) is 62.4 Å². The highest BCUT2D eigenvalue weighted by molar-refractivity contribution is 5.84. The number of para-hydroxylation sites is 1. The molecule has 0 fully saturated rings. The Morgan fingerprint density at radius 2 is 1.73 bits per heavy atom. The Kier molecular flexibility index (Phi) is 12.2. The monoisotopic (exact) mass is 564 g/mol. The van der Waals surface area contributed by atoms with Crippen molar-refractivity contribution in [3.8, 4) is 11.6 Å². The van der Waals surface area contributed by atoms with Gasteiger partial charge in [0.2, 0.25) is 11.8 Å². The number of nitro groups is 1. The number of hydrogen-bond acceptors (Lipinski definition) is 9. The number of aromatic nitrogens is 1. The summed E-state index contributed by atoms with van der Waals surface area (Å²) in [6.45, 7) is 4.43. The lowest BCUT2D eigenvalue weighted by atomic mass is 9.98. The van der Waals surface area contributed by atoms with Crippen LogP contribution in [0.3, 0.4) is 0 Å². The van der Waals surface area contributed by atoms with E-state index in [0.717, 1.165) is 5.56 Å². The van der Waals surface area contributed by atoms with Gasteiger partial charge in [-0.15, -0.1) is 0 Å². The molecular weight excluding hydrogens is 528 g/mol. The van der Waals surface area contributed by atoms with E-state index in [-0.39, 0.29) is 49.0 Å². The van der Waals surface area contributed by atoms with Crippen molar-refractivity contribution < 1.29 is 28.7 Å². The van der Waals surface area contributed by atoms with E-state index in [9.17, 15) is 19.7 Å². The van der Waals surface area contributed by atoms with E-state index < -0.39 is 16.9 Å². The molecule has 0 spiro atoms. The number of amides is 1. The Bertz CT molecular complexity index is 1270. The van der Waals surface area contributed by atoms with Crippen molar-refractivity contribution in [1.82, 2.24) is 15.6 Å². The maximum Gasteiger partial charge on any atom is 0.330 e. The summed E-state index contributed by atoms with van der Waals surface area (Å²) in [6, 6.07) is 19.0. The molecule has 3 aromatic rings. The molecule has 1 amide bonds. The van der Waals surface area contributed by atoms with Crippen LogP contribution in [0, 0.1) is 16.0 Å². The number of hydrogen-bond donors (Lipinski definition) is 2. The zero-order valence-electron chi connectivity index (χ0n) is 23.4. The average molecular weight is 565 g/mol. The Balaban J connectivity index is 1.57. The SMILES string of the molecule is COC(=O)[C@H](COCc1ccccc1)NC(=O)CC[C@H](NCc1cc(Oc2ccccc2)ncc1[N+](=O)[O-])C(C)C. The highest BCUT2D eigenvalue weighted by Gasteiger charge is 2.24. The van der Waals surface area contributed by atoms with Gasteiger partial charge in [0.05, 0.1) is 30.8 Å². The van der Waals surface area contributed by atoms with E-state index in [1.165, 1.54) is 13.3 Å². The quantitative estimate of drug-likeness (QED) is 0.146. The lowest BCUT2D eigenvalue weighted by Crippen LogP contribution is -2.45. The predicted molar refractivity (Wildman–Crippen MR) is 152 cm³/mol. The fraction of sp³-hybridized carbons (Fsp3) is 0.367. The molecule has 0 saturated heterocycles. The molecule has 11 heteroatoms. The van der Waals surface area contributed by atoms with Crippen LogP contribution in [0.25, 0.3) is 0 Å². The molecule has 0 radical (unpaired) electrons. The molecule has 0 saturated carbocycles. The molecule has 218 valence electrons. The predicted octanol–water partition coefficient (Wildman–Crippen LogP) is 4.55. The van der Waals surface area contributed by atoms with E-state index in [0.29, 0.717) is 24.3 Å². The molecule has 1 aromatic heterocycles. The standard InChI is InChI=1S/C30H36N4O7/c1-21(2)25(14-15-28(35)33-26(30(36)39-3)20-40-19-22-10-6-4-7-11-22)31-17-23-16-29(32-18-27(23)34(37)38)41-24-12-8-5-9-13-24/h4-13,16,18,21,25-26,31H,14-15,17,19-20H2,1-3H3,(H,33,35)/t25-,26-/m0/s1. The third-order valence-electron chi connectivity index (χ3n) is 6.36. The smallest absolute Gasteiger partial charge is 0.330 e. The van der Waals surface area contributed by atoms with Crippen molar-refractivity contribution in [3.05, 3.63) is 94.2 Å². The molecule has 41 heavy (non-hydrogen) atoms. The number of nitrogens with zero attached hydrogens (tertiary/aromatic N) is 2.